The number of hydrogen-bond donors (Lipinski definition) is 0. The minimum Gasteiger partial charge on any atom is -0.258 e. The summed E-state index contributed by atoms with van der Waals surface area (Å²) in [4.78, 5) is 15.5. The van der Waals surface area contributed by atoms with Crippen molar-refractivity contribution in [3.63, 3.8) is 0 Å². The molecular weight excluding hydrogens is 296 g/mol. The molecule has 0 bridgehead atoms. The zero-order valence-corrected chi connectivity index (χ0v) is 13.5. The van der Waals surface area contributed by atoms with Gasteiger partial charge in [0.1, 0.15) is 0 Å². The normalized spacial score (nSPS) is 14.7. The van der Waals surface area contributed by atoms with Gasteiger partial charge < -0.3 is 0 Å². The smallest absolute Gasteiger partial charge is 0.258 e. The van der Waals surface area contributed by atoms with Crippen LogP contribution in [0.25, 0.3) is 10.2 Å². The number of aryl methyl sites for hydroxylation is 1. The Balaban J connectivity index is 2.70. The number of alkyl halides is 1. The Bertz CT molecular complexity index is 644. The Morgan fingerprint density at radius 3 is 2.50 bits per heavy atom. The zero-order valence-electron chi connectivity index (χ0n) is 11.9. The number of nitro groups is 1. The van der Waals surface area contributed by atoms with Crippen LogP contribution in [0.3, 0.4) is 0 Å². The first-order chi connectivity index (χ1) is 9.31. The summed E-state index contributed by atoms with van der Waals surface area (Å²) in [6, 6.07) is 3.46. The van der Waals surface area contributed by atoms with Crippen molar-refractivity contribution in [1.29, 1.82) is 0 Å². The zero-order chi connectivity index (χ0) is 15.0. The second-order valence-electron chi connectivity index (χ2n) is 5.32. The summed E-state index contributed by atoms with van der Waals surface area (Å²) in [5, 5.41) is 12.1. The van der Waals surface area contributed by atoms with Crippen molar-refractivity contribution in [2.24, 2.45) is 5.92 Å². The highest BCUT2D eigenvalue weighted by Crippen LogP contribution is 2.39. The maximum atomic E-state index is 11.4. The molecule has 0 fully saturated rings. The molecular formula is C14H17ClN2O2S. The van der Waals surface area contributed by atoms with Crippen LogP contribution in [0.15, 0.2) is 12.1 Å². The van der Waals surface area contributed by atoms with Crippen LogP contribution in [-0.2, 0) is 0 Å². The van der Waals surface area contributed by atoms with Gasteiger partial charge in [-0.25, -0.2) is 4.98 Å². The van der Waals surface area contributed by atoms with E-state index in [2.05, 4.69) is 4.98 Å². The second-order valence-corrected chi connectivity index (χ2v) is 7.24. The van der Waals surface area contributed by atoms with Crippen molar-refractivity contribution >= 4 is 38.8 Å². The summed E-state index contributed by atoms with van der Waals surface area (Å²) in [6.07, 6.45) is 0. The topological polar surface area (TPSA) is 56.0 Å². The van der Waals surface area contributed by atoms with E-state index in [9.17, 15) is 10.1 Å². The van der Waals surface area contributed by atoms with Gasteiger partial charge in [0, 0.05) is 22.9 Å². The minimum absolute atomic E-state index is 0.0662. The van der Waals surface area contributed by atoms with E-state index in [-0.39, 0.29) is 27.8 Å². The number of halogens is 1. The highest BCUT2D eigenvalue weighted by atomic mass is 35.5. The average molecular weight is 313 g/mol. The summed E-state index contributed by atoms with van der Waals surface area (Å²) in [5.41, 5.74) is 1.65. The molecule has 0 radical (unpaired) electrons. The molecule has 1 heterocycles. The molecule has 0 aliphatic carbocycles. The third-order valence-corrected chi connectivity index (χ3v) is 4.62. The average Bonchev–Trinajstić information content (AvgIpc) is 2.65. The fourth-order valence-electron chi connectivity index (χ4n) is 2.66. The Morgan fingerprint density at radius 2 is 2.00 bits per heavy atom. The summed E-state index contributed by atoms with van der Waals surface area (Å²) >= 11 is 7.74. The molecule has 108 valence electrons. The van der Waals surface area contributed by atoms with Crippen molar-refractivity contribution in [3.05, 3.63) is 32.8 Å². The van der Waals surface area contributed by atoms with E-state index >= 15 is 0 Å². The van der Waals surface area contributed by atoms with Gasteiger partial charge in [-0.05, 0) is 25.8 Å². The number of nitrogens with zero attached hydrogens (tertiary/aromatic N) is 2. The monoisotopic (exact) mass is 312 g/mol. The lowest BCUT2D eigenvalue weighted by Crippen LogP contribution is -2.17. The van der Waals surface area contributed by atoms with E-state index in [0.717, 1.165) is 15.2 Å². The largest absolute Gasteiger partial charge is 0.274 e. The van der Waals surface area contributed by atoms with Gasteiger partial charge in [-0.3, -0.25) is 10.1 Å². The molecule has 0 aliphatic rings. The van der Waals surface area contributed by atoms with Crippen molar-refractivity contribution in [3.8, 4) is 0 Å². The number of aromatic nitrogens is 1. The molecule has 1 aromatic heterocycles. The molecule has 0 aliphatic heterocycles. The number of nitro benzene ring substituents is 1. The van der Waals surface area contributed by atoms with Gasteiger partial charge >= 0.3 is 0 Å². The predicted octanol–water partition coefficient (Wildman–Crippen LogP) is 4.88. The molecule has 2 aromatic rings. The molecule has 2 rings (SSSR count). The number of thiazole rings is 1. The molecule has 0 N–H and O–H groups in total. The highest BCUT2D eigenvalue weighted by Gasteiger charge is 2.29. The first kappa shape index (κ1) is 15.2. The summed E-state index contributed by atoms with van der Waals surface area (Å²) < 4.78 is 0.850. The van der Waals surface area contributed by atoms with Crippen LogP contribution in [0.2, 0.25) is 0 Å². The summed E-state index contributed by atoms with van der Waals surface area (Å²) in [5.74, 6) is 0.154. The van der Waals surface area contributed by atoms with Crippen LogP contribution in [0.1, 0.15) is 37.3 Å². The minimum atomic E-state index is -0.321. The van der Waals surface area contributed by atoms with E-state index in [0.29, 0.717) is 5.56 Å². The van der Waals surface area contributed by atoms with Gasteiger partial charge in [-0.1, -0.05) is 13.8 Å². The lowest BCUT2D eigenvalue weighted by atomic mass is 9.85. The van der Waals surface area contributed by atoms with Crippen LogP contribution in [0, 0.1) is 23.0 Å². The maximum Gasteiger partial charge on any atom is 0.274 e. The summed E-state index contributed by atoms with van der Waals surface area (Å²) in [7, 11) is 0. The fraction of sp³-hybridized carbons (Fsp3) is 0.500. The van der Waals surface area contributed by atoms with Gasteiger partial charge in [0.05, 0.1) is 20.1 Å². The van der Waals surface area contributed by atoms with Crippen LogP contribution in [0.5, 0.6) is 0 Å². The fourth-order valence-corrected chi connectivity index (χ4v) is 3.93. The molecule has 0 spiro atoms. The molecule has 0 saturated heterocycles. The molecule has 2 atom stereocenters. The van der Waals surface area contributed by atoms with E-state index in [4.69, 9.17) is 11.6 Å². The third-order valence-electron chi connectivity index (χ3n) is 3.41. The van der Waals surface area contributed by atoms with Gasteiger partial charge in [0.15, 0.2) is 0 Å². The first-order valence-corrected chi connectivity index (χ1v) is 7.76. The van der Waals surface area contributed by atoms with Gasteiger partial charge in [-0.15, -0.1) is 22.9 Å². The number of benzene rings is 1. The Morgan fingerprint density at radius 1 is 1.35 bits per heavy atom. The lowest BCUT2D eigenvalue weighted by molar-refractivity contribution is -0.385. The molecule has 1 aromatic carbocycles. The Kier molecular flexibility index (Phi) is 4.30. The lowest BCUT2D eigenvalue weighted by Gasteiger charge is -2.23. The molecule has 2 unspecified atom stereocenters. The van der Waals surface area contributed by atoms with Crippen molar-refractivity contribution < 1.29 is 4.92 Å². The second kappa shape index (κ2) is 5.66. The van der Waals surface area contributed by atoms with E-state index < -0.39 is 0 Å². The molecule has 20 heavy (non-hydrogen) atoms. The number of rotatable bonds is 4. The van der Waals surface area contributed by atoms with E-state index in [1.54, 1.807) is 6.07 Å². The standard InChI is InChI=1S/C14H17ClN2O2S/c1-7(2)14(8(3)15)10-5-11-13(20-9(4)16-11)6-12(10)17(18)19/h5-8,14H,1-4H3. The molecule has 6 heteroatoms. The number of hydrogen-bond acceptors (Lipinski definition) is 4. The van der Waals surface area contributed by atoms with E-state index in [1.165, 1.54) is 11.3 Å². The van der Waals surface area contributed by atoms with Crippen molar-refractivity contribution in [2.75, 3.05) is 0 Å². The SMILES string of the molecule is Cc1nc2cc(C(C(C)C)C(C)Cl)c([N+](=O)[O-])cc2s1. The van der Waals surface area contributed by atoms with Crippen LogP contribution in [-0.4, -0.2) is 15.3 Å². The Labute approximate surface area is 126 Å². The van der Waals surface area contributed by atoms with Crippen LogP contribution in [0.4, 0.5) is 5.69 Å². The van der Waals surface area contributed by atoms with Crippen molar-refractivity contribution in [2.45, 2.75) is 39.0 Å². The third kappa shape index (κ3) is 2.79. The maximum absolute atomic E-state index is 11.4. The molecule has 0 amide bonds. The van der Waals surface area contributed by atoms with E-state index in [1.807, 2.05) is 33.8 Å². The van der Waals surface area contributed by atoms with Crippen molar-refractivity contribution in [1.82, 2.24) is 4.98 Å². The van der Waals surface area contributed by atoms with Gasteiger partial charge in [0.25, 0.3) is 5.69 Å². The molecule has 0 saturated carbocycles. The van der Waals surface area contributed by atoms with Crippen LogP contribution >= 0.6 is 22.9 Å². The summed E-state index contributed by atoms with van der Waals surface area (Å²) in [6.45, 7) is 7.85. The first-order valence-electron chi connectivity index (χ1n) is 6.50. The Hall–Kier alpha value is -1.20. The van der Waals surface area contributed by atoms with Gasteiger partial charge in [0.2, 0.25) is 0 Å². The van der Waals surface area contributed by atoms with Crippen LogP contribution < -0.4 is 0 Å². The van der Waals surface area contributed by atoms with Gasteiger partial charge in [-0.2, -0.15) is 0 Å². The number of fused-ring (bicyclic) bond motifs is 1. The quantitative estimate of drug-likeness (QED) is 0.459. The predicted molar refractivity (Wildman–Crippen MR) is 83.9 cm³/mol. The molecule has 4 nitrogen and oxygen atoms in total. The highest BCUT2D eigenvalue weighted by molar-refractivity contribution is 7.18.